The molecule has 0 rings (SSSR count). The van der Waals surface area contributed by atoms with E-state index in [0.717, 1.165) is 12.8 Å². The molecule has 5 heteroatoms. The zero-order valence-corrected chi connectivity index (χ0v) is 14.3. The van der Waals surface area contributed by atoms with E-state index >= 15 is 0 Å². The van der Waals surface area contributed by atoms with Gasteiger partial charge >= 0.3 is 5.97 Å². The van der Waals surface area contributed by atoms with Crippen LogP contribution < -0.4 is 0 Å². The van der Waals surface area contributed by atoms with Crippen molar-refractivity contribution >= 4 is 16.0 Å². The van der Waals surface area contributed by atoms with Gasteiger partial charge in [0.15, 0.2) is 0 Å². The summed E-state index contributed by atoms with van der Waals surface area (Å²) in [5.74, 6) is -0.481. The first-order valence-corrected chi connectivity index (χ1v) is 9.82. The van der Waals surface area contributed by atoms with E-state index in [1.54, 1.807) is 6.92 Å². The molecule has 0 aliphatic carbocycles. The predicted molar refractivity (Wildman–Crippen MR) is 86.7 cm³/mol. The third-order valence-electron chi connectivity index (χ3n) is 3.17. The van der Waals surface area contributed by atoms with Crippen LogP contribution in [0.15, 0.2) is 12.2 Å². The molecule has 0 fully saturated rings. The van der Waals surface area contributed by atoms with Crippen LogP contribution in [-0.4, -0.2) is 61.0 Å². The molecule has 0 saturated heterocycles. The zero-order chi connectivity index (χ0) is 15.8. The fraction of sp³-hybridized carbons (Fsp3) is 0.800. The number of ether oxygens (including phenoxy) is 2. The second-order valence-electron chi connectivity index (χ2n) is 5.99. The molecule has 0 aromatic heterocycles. The van der Waals surface area contributed by atoms with Crippen molar-refractivity contribution in [2.75, 3.05) is 38.6 Å². The van der Waals surface area contributed by atoms with Gasteiger partial charge in [-0.1, -0.05) is 13.5 Å². The van der Waals surface area contributed by atoms with Gasteiger partial charge in [-0.25, -0.2) is 14.8 Å². The number of rotatable bonds is 10. The second-order valence-corrected chi connectivity index (χ2v) is 10.7. The molecule has 0 bridgehead atoms. The maximum Gasteiger partial charge on any atom is 0.333 e. The van der Waals surface area contributed by atoms with Crippen LogP contribution in [0.4, 0.5) is 0 Å². The first-order valence-electron chi connectivity index (χ1n) is 6.90. The molecule has 0 heterocycles. The lowest BCUT2D eigenvalue weighted by molar-refractivity contribution is -0.143. The minimum atomic E-state index is -0.774. The number of esters is 1. The lowest BCUT2D eigenvalue weighted by atomic mass is 10.2. The second kappa shape index (κ2) is 9.42. The smallest absolute Gasteiger partial charge is 0.333 e. The highest BCUT2D eigenvalue weighted by Gasteiger charge is 2.14. The largest absolute Gasteiger partial charge is 0.460 e. The molecule has 4 nitrogen and oxygen atoms in total. The van der Waals surface area contributed by atoms with E-state index in [1.165, 1.54) is 0 Å². The number of aliphatic hydroxyl groups excluding tert-OH is 1. The van der Waals surface area contributed by atoms with Crippen molar-refractivity contribution in [1.29, 1.82) is 0 Å². The molecule has 0 saturated carbocycles. The standard InChI is InChI=1S/C15H30O4S/c1-12(2)15(17)19-11-14(16)10-18-9-7-8-13(3)20(4,5)6/h13-14,16H,1,7-11H2,2-6H3. The monoisotopic (exact) mass is 306 g/mol. The van der Waals surface area contributed by atoms with Gasteiger partial charge in [-0.05, 0) is 43.8 Å². The number of aliphatic hydroxyl groups is 1. The summed E-state index contributed by atoms with van der Waals surface area (Å²) in [7, 11) is -0.503. The molecule has 2 atom stereocenters. The van der Waals surface area contributed by atoms with Crippen molar-refractivity contribution in [2.24, 2.45) is 0 Å². The van der Waals surface area contributed by atoms with Gasteiger partial charge in [-0.15, -0.1) is 0 Å². The van der Waals surface area contributed by atoms with Gasteiger partial charge in [0.25, 0.3) is 0 Å². The molecule has 120 valence electrons. The molecule has 0 amide bonds. The van der Waals surface area contributed by atoms with Gasteiger partial charge in [-0.3, -0.25) is 0 Å². The Balaban J connectivity index is 3.60. The third-order valence-corrected chi connectivity index (χ3v) is 5.82. The normalized spacial score (nSPS) is 15.5. The highest BCUT2D eigenvalue weighted by Crippen LogP contribution is 2.42. The van der Waals surface area contributed by atoms with E-state index in [0.29, 0.717) is 17.4 Å². The summed E-state index contributed by atoms with van der Waals surface area (Å²) >= 11 is 0. The molecule has 2 unspecified atom stereocenters. The molecule has 0 radical (unpaired) electrons. The van der Waals surface area contributed by atoms with E-state index in [-0.39, 0.29) is 13.2 Å². The fourth-order valence-electron chi connectivity index (χ4n) is 1.39. The van der Waals surface area contributed by atoms with Crippen LogP contribution in [0.2, 0.25) is 0 Å². The van der Waals surface area contributed by atoms with E-state index in [2.05, 4.69) is 32.3 Å². The molecule has 0 aliphatic rings. The molecule has 0 aromatic rings. The van der Waals surface area contributed by atoms with Gasteiger partial charge < -0.3 is 14.6 Å². The predicted octanol–water partition coefficient (Wildman–Crippen LogP) is 2.35. The summed E-state index contributed by atoms with van der Waals surface area (Å²) in [6.45, 7) is 8.10. The molecule has 0 aromatic carbocycles. The van der Waals surface area contributed by atoms with Gasteiger partial charge in [0.1, 0.15) is 12.7 Å². The molecular weight excluding hydrogens is 276 g/mol. The Bertz CT molecular complexity index is 309. The first-order chi connectivity index (χ1) is 9.14. The Morgan fingerprint density at radius 2 is 1.90 bits per heavy atom. The quantitative estimate of drug-likeness (QED) is 0.382. The van der Waals surface area contributed by atoms with Crippen molar-refractivity contribution in [3.05, 3.63) is 12.2 Å². The first kappa shape index (κ1) is 19.5. The Hall–Kier alpha value is -0.520. The third kappa shape index (κ3) is 9.39. The number of carbonyl (C=O) groups is 1. The maximum atomic E-state index is 11.1. The maximum absolute atomic E-state index is 11.1. The topological polar surface area (TPSA) is 55.8 Å². The minimum absolute atomic E-state index is 0.0474. The van der Waals surface area contributed by atoms with Crippen LogP contribution in [0, 0.1) is 0 Å². The zero-order valence-electron chi connectivity index (χ0n) is 13.5. The highest BCUT2D eigenvalue weighted by atomic mass is 32.3. The van der Waals surface area contributed by atoms with Crippen molar-refractivity contribution in [3.8, 4) is 0 Å². The summed E-state index contributed by atoms with van der Waals surface area (Å²) in [6.07, 6.45) is 8.31. The summed E-state index contributed by atoms with van der Waals surface area (Å²) in [5.41, 5.74) is 0.330. The van der Waals surface area contributed by atoms with Crippen molar-refractivity contribution in [2.45, 2.75) is 38.0 Å². The van der Waals surface area contributed by atoms with E-state index in [9.17, 15) is 9.90 Å². The molecule has 20 heavy (non-hydrogen) atoms. The minimum Gasteiger partial charge on any atom is -0.460 e. The number of carbonyl (C=O) groups excluding carboxylic acids is 1. The van der Waals surface area contributed by atoms with E-state index in [4.69, 9.17) is 9.47 Å². The number of hydrogen-bond donors (Lipinski definition) is 1. The SMILES string of the molecule is C=C(C)C(=O)OCC(O)COCCCC(C)S(C)(C)C. The molecule has 1 N–H and O–H groups in total. The fourth-order valence-corrected chi connectivity index (χ4v) is 2.26. The summed E-state index contributed by atoms with van der Waals surface area (Å²) in [4.78, 5) is 11.1. The van der Waals surface area contributed by atoms with Crippen LogP contribution in [0.25, 0.3) is 0 Å². The van der Waals surface area contributed by atoms with E-state index < -0.39 is 22.1 Å². The molecule has 0 aliphatic heterocycles. The van der Waals surface area contributed by atoms with Gasteiger partial charge in [0.2, 0.25) is 0 Å². The van der Waals surface area contributed by atoms with Crippen LogP contribution in [0.3, 0.4) is 0 Å². The Morgan fingerprint density at radius 1 is 1.30 bits per heavy atom. The summed E-state index contributed by atoms with van der Waals surface area (Å²) in [5, 5.41) is 10.3. The molecule has 0 spiro atoms. The van der Waals surface area contributed by atoms with Crippen LogP contribution >= 0.6 is 10.0 Å². The highest BCUT2D eigenvalue weighted by molar-refractivity contribution is 8.32. The van der Waals surface area contributed by atoms with Gasteiger partial charge in [0.05, 0.1) is 6.61 Å². The van der Waals surface area contributed by atoms with E-state index in [1.807, 2.05) is 0 Å². The molecular formula is C15H30O4S. The van der Waals surface area contributed by atoms with Gasteiger partial charge in [0, 0.05) is 12.2 Å². The van der Waals surface area contributed by atoms with Crippen LogP contribution in [0.1, 0.15) is 26.7 Å². The number of hydrogen-bond acceptors (Lipinski definition) is 4. The van der Waals surface area contributed by atoms with Crippen molar-refractivity contribution in [3.63, 3.8) is 0 Å². The Labute approximate surface area is 124 Å². The lowest BCUT2D eigenvalue weighted by Gasteiger charge is -2.33. The summed E-state index contributed by atoms with van der Waals surface area (Å²) in [6, 6.07) is 0. The summed E-state index contributed by atoms with van der Waals surface area (Å²) < 4.78 is 10.2. The Morgan fingerprint density at radius 3 is 2.40 bits per heavy atom. The van der Waals surface area contributed by atoms with Crippen molar-refractivity contribution < 1.29 is 19.4 Å². The average Bonchev–Trinajstić information content (AvgIpc) is 2.33. The van der Waals surface area contributed by atoms with Crippen LogP contribution in [-0.2, 0) is 14.3 Å². The lowest BCUT2D eigenvalue weighted by Crippen LogP contribution is -2.24. The van der Waals surface area contributed by atoms with Crippen molar-refractivity contribution in [1.82, 2.24) is 0 Å². The van der Waals surface area contributed by atoms with Crippen LogP contribution in [0.5, 0.6) is 0 Å². The average molecular weight is 306 g/mol. The van der Waals surface area contributed by atoms with Gasteiger partial charge in [-0.2, -0.15) is 0 Å². The Kier molecular flexibility index (Phi) is 9.18.